The Morgan fingerprint density at radius 1 is 0.508 bits per heavy atom. The van der Waals surface area contributed by atoms with Crippen LogP contribution in [0.15, 0.2) is 48.6 Å². The number of allylic oxidation sites excluding steroid dienone is 8. The highest BCUT2D eigenvalue weighted by molar-refractivity contribution is 7.47. The number of aliphatic hydroxyl groups excluding tert-OH is 2. The molecule has 0 aromatic carbocycles. The second-order valence-electron chi connectivity index (χ2n) is 15.8. The van der Waals surface area contributed by atoms with Crippen molar-refractivity contribution in [3.63, 3.8) is 0 Å². The fourth-order valence-corrected chi connectivity index (χ4v) is 7.08. The van der Waals surface area contributed by atoms with Gasteiger partial charge in [-0.05, 0) is 77.0 Å². The van der Waals surface area contributed by atoms with Crippen molar-refractivity contribution in [2.75, 3.05) is 26.4 Å². The van der Waals surface area contributed by atoms with Gasteiger partial charge >= 0.3 is 19.8 Å². The maximum absolute atomic E-state index is 12.6. The Morgan fingerprint density at radius 2 is 0.881 bits per heavy atom. The van der Waals surface area contributed by atoms with Crippen molar-refractivity contribution in [2.24, 2.45) is 0 Å². The van der Waals surface area contributed by atoms with E-state index in [9.17, 15) is 24.2 Å². The minimum Gasteiger partial charge on any atom is -0.462 e. The molecule has 0 spiro atoms. The summed E-state index contributed by atoms with van der Waals surface area (Å²) >= 11 is 0. The molecular formula is C48H87O10P. The standard InChI is InChI=1S/C48H87O10P/c1-3-5-7-9-11-13-15-17-19-21-22-24-26-28-30-32-34-36-38-40-48(52)58-46(44-57-59(53,54)56-42-45(50)41-49)43-55-47(51)39-37-35-33-31-29-27-25-23-20-18-16-14-12-10-8-6-4-2/h12,14,17-20,25,27,45-46,49-50H,3-11,13,15-16,21-24,26,28-44H2,1-2H3,(H,53,54)/b14-12+,19-17+,20-18+,27-25+/t45-,46+/m0/s1. The minimum atomic E-state index is -4.63. The van der Waals surface area contributed by atoms with Gasteiger partial charge in [0.1, 0.15) is 12.7 Å². The molecule has 0 saturated carbocycles. The number of hydrogen-bond donors (Lipinski definition) is 3. The smallest absolute Gasteiger partial charge is 0.462 e. The lowest BCUT2D eigenvalue weighted by atomic mass is 10.1. The molecule has 0 fully saturated rings. The van der Waals surface area contributed by atoms with E-state index in [1.165, 1.54) is 109 Å². The van der Waals surface area contributed by atoms with Crippen LogP contribution in [0, 0.1) is 0 Å². The molecule has 0 aliphatic carbocycles. The number of unbranched alkanes of at least 4 members (excludes halogenated alkanes) is 22. The highest BCUT2D eigenvalue weighted by Gasteiger charge is 2.27. The van der Waals surface area contributed by atoms with E-state index in [4.69, 9.17) is 23.6 Å². The molecule has 0 aromatic heterocycles. The maximum atomic E-state index is 12.6. The fraction of sp³-hybridized carbons (Fsp3) is 0.792. The summed E-state index contributed by atoms with van der Waals surface area (Å²) in [5.41, 5.74) is 0. The Bertz CT molecular complexity index is 1120. The fourth-order valence-electron chi connectivity index (χ4n) is 6.29. The monoisotopic (exact) mass is 855 g/mol. The second-order valence-corrected chi connectivity index (χ2v) is 17.2. The molecule has 3 atom stereocenters. The zero-order valence-corrected chi connectivity index (χ0v) is 38.4. The second kappa shape index (κ2) is 44.0. The van der Waals surface area contributed by atoms with Crippen molar-refractivity contribution in [2.45, 2.75) is 219 Å². The molecule has 0 saturated heterocycles. The number of carbonyl (C=O) groups is 2. The van der Waals surface area contributed by atoms with Crippen molar-refractivity contribution in [3.8, 4) is 0 Å². The van der Waals surface area contributed by atoms with Crippen LogP contribution < -0.4 is 0 Å². The summed E-state index contributed by atoms with van der Waals surface area (Å²) in [6, 6.07) is 0. The number of carbonyl (C=O) groups excluding carboxylic acids is 2. The first-order valence-corrected chi connectivity index (χ1v) is 25.1. The Labute approximate surface area is 360 Å². The van der Waals surface area contributed by atoms with Crippen LogP contribution in [-0.2, 0) is 32.7 Å². The van der Waals surface area contributed by atoms with Crippen LogP contribution in [0.25, 0.3) is 0 Å². The highest BCUT2D eigenvalue weighted by atomic mass is 31.2. The van der Waals surface area contributed by atoms with E-state index < -0.39 is 51.8 Å². The zero-order chi connectivity index (χ0) is 43.3. The van der Waals surface area contributed by atoms with E-state index >= 15 is 0 Å². The van der Waals surface area contributed by atoms with Gasteiger partial charge < -0.3 is 24.6 Å². The number of phosphoric ester groups is 1. The quantitative estimate of drug-likeness (QED) is 0.0234. The van der Waals surface area contributed by atoms with Gasteiger partial charge in [0.2, 0.25) is 0 Å². The number of hydrogen-bond acceptors (Lipinski definition) is 9. The molecule has 10 nitrogen and oxygen atoms in total. The Hall–Kier alpha value is -2.07. The summed E-state index contributed by atoms with van der Waals surface area (Å²) < 4.78 is 32.8. The van der Waals surface area contributed by atoms with Crippen molar-refractivity contribution in [1.29, 1.82) is 0 Å². The van der Waals surface area contributed by atoms with Gasteiger partial charge in [0.15, 0.2) is 6.10 Å². The van der Waals surface area contributed by atoms with Crippen molar-refractivity contribution in [3.05, 3.63) is 48.6 Å². The number of rotatable bonds is 44. The molecule has 0 radical (unpaired) electrons. The van der Waals surface area contributed by atoms with E-state index in [0.29, 0.717) is 12.8 Å². The summed E-state index contributed by atoms with van der Waals surface area (Å²) in [4.78, 5) is 35.1. The number of esters is 2. The molecule has 0 rings (SSSR count). The Balaban J connectivity index is 4.28. The van der Waals surface area contributed by atoms with Crippen LogP contribution in [0.1, 0.15) is 206 Å². The molecule has 0 aliphatic heterocycles. The number of aliphatic hydroxyl groups is 2. The molecule has 0 aromatic rings. The summed E-state index contributed by atoms with van der Waals surface area (Å²) in [5.74, 6) is -0.950. The van der Waals surface area contributed by atoms with Gasteiger partial charge in [-0.15, -0.1) is 0 Å². The molecule has 11 heteroatoms. The molecule has 0 heterocycles. The molecular weight excluding hydrogens is 767 g/mol. The van der Waals surface area contributed by atoms with E-state index in [1.54, 1.807) is 0 Å². The lowest BCUT2D eigenvalue weighted by Crippen LogP contribution is -2.29. The lowest BCUT2D eigenvalue weighted by molar-refractivity contribution is -0.161. The first kappa shape index (κ1) is 56.9. The molecule has 59 heavy (non-hydrogen) atoms. The molecule has 0 aliphatic rings. The van der Waals surface area contributed by atoms with Crippen LogP contribution in [0.4, 0.5) is 0 Å². The van der Waals surface area contributed by atoms with Gasteiger partial charge in [-0.25, -0.2) is 4.57 Å². The van der Waals surface area contributed by atoms with Gasteiger partial charge in [0.25, 0.3) is 0 Å². The maximum Gasteiger partial charge on any atom is 0.472 e. The average molecular weight is 855 g/mol. The minimum absolute atomic E-state index is 0.176. The van der Waals surface area contributed by atoms with E-state index in [-0.39, 0.29) is 19.4 Å². The third-order valence-electron chi connectivity index (χ3n) is 9.96. The van der Waals surface area contributed by atoms with E-state index in [1.807, 2.05) is 0 Å². The third kappa shape index (κ3) is 43.8. The third-order valence-corrected chi connectivity index (χ3v) is 10.9. The van der Waals surface area contributed by atoms with Crippen LogP contribution in [0.2, 0.25) is 0 Å². The normalized spacial score (nSPS) is 14.2. The molecule has 3 N–H and O–H groups in total. The summed E-state index contributed by atoms with van der Waals surface area (Å²) in [6.45, 7) is 2.34. The van der Waals surface area contributed by atoms with Gasteiger partial charge in [0, 0.05) is 12.8 Å². The first-order chi connectivity index (χ1) is 28.7. The SMILES string of the molecule is CCCCC/C=C/C/C=C/C/C=C/CCCCCCC(=O)OC[C@H](COP(=O)(O)OC[C@@H](O)CO)OC(=O)CCCCCCCCCCC/C=C/CCCCCCCC. The van der Waals surface area contributed by atoms with Crippen molar-refractivity contribution in [1.82, 2.24) is 0 Å². The zero-order valence-electron chi connectivity index (χ0n) is 37.5. The Kier molecular flexibility index (Phi) is 42.5. The topological polar surface area (TPSA) is 149 Å². The van der Waals surface area contributed by atoms with Crippen LogP contribution in [0.5, 0.6) is 0 Å². The van der Waals surface area contributed by atoms with Crippen molar-refractivity contribution < 1.29 is 47.8 Å². The molecule has 1 unspecified atom stereocenters. The number of phosphoric acid groups is 1. The van der Waals surface area contributed by atoms with Crippen LogP contribution in [0.3, 0.4) is 0 Å². The van der Waals surface area contributed by atoms with Crippen molar-refractivity contribution >= 4 is 19.8 Å². The van der Waals surface area contributed by atoms with Crippen LogP contribution >= 0.6 is 7.82 Å². The predicted molar refractivity (Wildman–Crippen MR) is 242 cm³/mol. The number of ether oxygens (including phenoxy) is 2. The van der Waals surface area contributed by atoms with Gasteiger partial charge in [0.05, 0.1) is 19.8 Å². The summed E-state index contributed by atoms with van der Waals surface area (Å²) in [6.07, 6.45) is 47.8. The first-order valence-electron chi connectivity index (χ1n) is 23.6. The van der Waals surface area contributed by atoms with E-state index in [2.05, 4.69) is 62.5 Å². The Morgan fingerprint density at radius 3 is 1.37 bits per heavy atom. The summed E-state index contributed by atoms with van der Waals surface area (Å²) in [5, 5.41) is 18.4. The van der Waals surface area contributed by atoms with Gasteiger partial charge in [-0.1, -0.05) is 165 Å². The summed E-state index contributed by atoms with van der Waals surface area (Å²) in [7, 11) is -4.63. The van der Waals surface area contributed by atoms with Gasteiger partial charge in [-0.2, -0.15) is 0 Å². The average Bonchev–Trinajstić information content (AvgIpc) is 3.22. The molecule has 0 amide bonds. The largest absolute Gasteiger partial charge is 0.472 e. The predicted octanol–water partition coefficient (Wildman–Crippen LogP) is 12.9. The molecule has 0 bridgehead atoms. The highest BCUT2D eigenvalue weighted by Crippen LogP contribution is 2.43. The van der Waals surface area contributed by atoms with Crippen LogP contribution in [-0.4, -0.2) is 65.7 Å². The van der Waals surface area contributed by atoms with E-state index in [0.717, 1.165) is 57.8 Å². The molecule has 344 valence electrons. The van der Waals surface area contributed by atoms with Gasteiger partial charge in [-0.3, -0.25) is 18.6 Å². The lowest BCUT2D eigenvalue weighted by Gasteiger charge is -2.20.